The van der Waals surface area contributed by atoms with Crippen molar-refractivity contribution in [3.63, 3.8) is 0 Å². The van der Waals surface area contributed by atoms with Crippen LogP contribution in [0.4, 0.5) is 17.1 Å². The van der Waals surface area contributed by atoms with Gasteiger partial charge in [-0.2, -0.15) is 0 Å². The number of hydrogen-bond donors (Lipinski definition) is 4. The van der Waals surface area contributed by atoms with Crippen LogP contribution >= 0.6 is 0 Å². The van der Waals surface area contributed by atoms with Gasteiger partial charge in [-0.1, -0.05) is 0 Å². The van der Waals surface area contributed by atoms with Crippen LogP contribution in [0, 0.1) is 0 Å². The highest BCUT2D eigenvalue weighted by atomic mass is 16.2. The van der Waals surface area contributed by atoms with Crippen LogP contribution in [0.1, 0.15) is 30.4 Å². The molecule has 7 heteroatoms. The summed E-state index contributed by atoms with van der Waals surface area (Å²) >= 11 is 0. The number of benzene rings is 1. The number of Topliss-reactive ketones (excluding diaryl/α,β-unsaturated/α-hetero) is 1. The average Bonchev–Trinajstić information content (AvgIpc) is 3.11. The molecule has 2 aliphatic rings. The second kappa shape index (κ2) is 4.08. The second-order valence-corrected chi connectivity index (χ2v) is 5.21. The summed E-state index contributed by atoms with van der Waals surface area (Å²) in [4.78, 5) is 30.8. The molecule has 21 heavy (non-hydrogen) atoms. The number of carbonyl (C=O) groups excluding carboxylic acids is 2. The molecule has 7 nitrogen and oxygen atoms in total. The van der Waals surface area contributed by atoms with Crippen molar-refractivity contribution in [2.45, 2.75) is 19.0 Å². The molecule has 1 amide bonds. The minimum absolute atomic E-state index is 0.149. The van der Waals surface area contributed by atoms with Gasteiger partial charge in [-0.15, -0.1) is 0 Å². The number of rotatable bonds is 2. The van der Waals surface area contributed by atoms with Crippen molar-refractivity contribution in [3.05, 3.63) is 35.9 Å². The van der Waals surface area contributed by atoms with Gasteiger partial charge in [-0.3, -0.25) is 9.59 Å². The summed E-state index contributed by atoms with van der Waals surface area (Å²) in [6, 6.07) is 3.70. The Kier molecular flexibility index (Phi) is 2.32. The Morgan fingerprint density at radius 1 is 1.19 bits per heavy atom. The first-order chi connectivity index (χ1) is 10.1. The van der Waals surface area contributed by atoms with Gasteiger partial charge in [0.1, 0.15) is 17.5 Å². The van der Waals surface area contributed by atoms with Crippen molar-refractivity contribution in [3.8, 4) is 0 Å². The molecule has 1 aromatic heterocycles. The lowest BCUT2D eigenvalue weighted by Gasteiger charge is -2.08. The zero-order valence-electron chi connectivity index (χ0n) is 11.2. The maximum Gasteiger partial charge on any atom is 0.239 e. The Bertz CT molecular complexity index is 753. The molecule has 0 aliphatic carbocycles. The van der Waals surface area contributed by atoms with Crippen LogP contribution in [0.5, 0.6) is 0 Å². The first-order valence-corrected chi connectivity index (χ1v) is 6.65. The number of aromatic amines is 1. The number of ketones is 1. The summed E-state index contributed by atoms with van der Waals surface area (Å²) in [7, 11) is 0. The van der Waals surface area contributed by atoms with Crippen molar-refractivity contribution >= 4 is 28.8 Å². The molecular weight excluding hydrogens is 270 g/mol. The van der Waals surface area contributed by atoms with Crippen molar-refractivity contribution in [2.75, 3.05) is 16.0 Å². The molecule has 106 valence electrons. The van der Waals surface area contributed by atoms with Gasteiger partial charge in [0.25, 0.3) is 0 Å². The van der Waals surface area contributed by atoms with E-state index in [0.29, 0.717) is 5.69 Å². The molecule has 2 unspecified atom stereocenters. The molecular formula is C14H13N5O2. The van der Waals surface area contributed by atoms with E-state index in [0.717, 1.165) is 22.8 Å². The van der Waals surface area contributed by atoms with Crippen LogP contribution in [0.2, 0.25) is 0 Å². The number of carbonyl (C=O) groups is 2. The zero-order chi connectivity index (χ0) is 14.6. The number of nitrogens with one attached hydrogen (secondary N) is 4. The molecule has 4 N–H and O–H groups in total. The average molecular weight is 283 g/mol. The summed E-state index contributed by atoms with van der Waals surface area (Å²) in [5.74, 6) is -0.350. The number of anilines is 3. The molecule has 2 atom stereocenters. The van der Waals surface area contributed by atoms with E-state index < -0.39 is 5.92 Å². The highest BCUT2D eigenvalue weighted by Crippen LogP contribution is 2.43. The lowest BCUT2D eigenvalue weighted by Crippen LogP contribution is -2.18. The Morgan fingerprint density at radius 3 is 2.62 bits per heavy atom. The van der Waals surface area contributed by atoms with Gasteiger partial charge in [-0.25, -0.2) is 4.98 Å². The summed E-state index contributed by atoms with van der Waals surface area (Å²) in [6.07, 6.45) is 3.30. The van der Waals surface area contributed by atoms with Crippen LogP contribution in [-0.2, 0) is 9.59 Å². The van der Waals surface area contributed by atoms with E-state index in [1.54, 1.807) is 12.4 Å². The van der Waals surface area contributed by atoms with E-state index in [9.17, 15) is 9.59 Å². The maximum absolute atomic E-state index is 11.9. The third kappa shape index (κ3) is 1.70. The largest absolute Gasteiger partial charge is 0.357 e. The first-order valence-electron chi connectivity index (χ1n) is 6.65. The molecule has 2 aliphatic heterocycles. The standard InChI is InChI=1S/C14H13N5O2/c1-6(20)11-7-4-9-10(5-8(7)19-14(11)21)18-13(17-9)12-15-2-3-16-12/h2-5,11,13,17-18H,1H3,(H,15,16)(H,19,21). The number of fused-ring (bicyclic) bond motifs is 2. The molecule has 0 bridgehead atoms. The predicted molar refractivity (Wildman–Crippen MR) is 77.1 cm³/mol. The normalized spacial score (nSPS) is 22.0. The minimum atomic E-state index is -0.713. The van der Waals surface area contributed by atoms with Gasteiger partial charge in [-0.05, 0) is 24.6 Å². The molecule has 1 aromatic carbocycles. The molecule has 0 fully saturated rings. The van der Waals surface area contributed by atoms with Crippen molar-refractivity contribution in [2.24, 2.45) is 0 Å². The number of aromatic nitrogens is 2. The molecule has 2 aromatic rings. The van der Waals surface area contributed by atoms with Gasteiger partial charge in [0.2, 0.25) is 5.91 Å². The Hall–Kier alpha value is -2.83. The van der Waals surface area contributed by atoms with Gasteiger partial charge in [0.15, 0.2) is 6.17 Å². The highest BCUT2D eigenvalue weighted by Gasteiger charge is 2.36. The molecule has 4 rings (SSSR count). The van der Waals surface area contributed by atoms with Crippen LogP contribution in [0.25, 0.3) is 0 Å². The topological polar surface area (TPSA) is 98.9 Å². The molecule has 0 saturated heterocycles. The Morgan fingerprint density at radius 2 is 1.95 bits per heavy atom. The van der Waals surface area contributed by atoms with Gasteiger partial charge < -0.3 is 20.9 Å². The Labute approximate surface area is 120 Å². The smallest absolute Gasteiger partial charge is 0.239 e. The fourth-order valence-corrected chi connectivity index (χ4v) is 2.87. The number of amides is 1. The molecule has 0 spiro atoms. The lowest BCUT2D eigenvalue weighted by atomic mass is 9.96. The minimum Gasteiger partial charge on any atom is -0.357 e. The van der Waals surface area contributed by atoms with Crippen LogP contribution < -0.4 is 16.0 Å². The maximum atomic E-state index is 11.9. The fourth-order valence-electron chi connectivity index (χ4n) is 2.87. The number of imidazole rings is 1. The number of H-pyrrole nitrogens is 1. The first kappa shape index (κ1) is 12.0. The van der Waals surface area contributed by atoms with Crippen molar-refractivity contribution < 1.29 is 9.59 Å². The van der Waals surface area contributed by atoms with E-state index in [-0.39, 0.29) is 17.9 Å². The quantitative estimate of drug-likeness (QED) is 0.627. The SMILES string of the molecule is CC(=O)C1C(=O)Nc2cc3c(cc21)NC(c1ncc[nH]1)N3. The zero-order valence-corrected chi connectivity index (χ0v) is 11.2. The Balaban J connectivity index is 1.72. The van der Waals surface area contributed by atoms with Gasteiger partial charge in [0.05, 0.1) is 11.4 Å². The second-order valence-electron chi connectivity index (χ2n) is 5.21. The summed E-state index contributed by atoms with van der Waals surface area (Å²) < 4.78 is 0. The number of nitrogens with zero attached hydrogens (tertiary/aromatic N) is 1. The third-order valence-electron chi connectivity index (χ3n) is 3.82. The summed E-state index contributed by atoms with van der Waals surface area (Å²) in [6.45, 7) is 1.43. The summed E-state index contributed by atoms with van der Waals surface area (Å²) in [5, 5.41) is 9.33. The van der Waals surface area contributed by atoms with E-state index in [2.05, 4.69) is 25.9 Å². The number of hydrogen-bond acceptors (Lipinski definition) is 5. The van der Waals surface area contributed by atoms with E-state index >= 15 is 0 Å². The van der Waals surface area contributed by atoms with Crippen molar-refractivity contribution in [1.82, 2.24) is 9.97 Å². The third-order valence-corrected chi connectivity index (χ3v) is 3.82. The van der Waals surface area contributed by atoms with E-state index in [1.807, 2.05) is 12.1 Å². The predicted octanol–water partition coefficient (Wildman–Crippen LogP) is 1.57. The summed E-state index contributed by atoms with van der Waals surface area (Å²) in [5.41, 5.74) is 3.14. The van der Waals surface area contributed by atoms with E-state index in [1.165, 1.54) is 6.92 Å². The van der Waals surface area contributed by atoms with Crippen LogP contribution in [0.3, 0.4) is 0 Å². The van der Waals surface area contributed by atoms with Crippen molar-refractivity contribution in [1.29, 1.82) is 0 Å². The van der Waals surface area contributed by atoms with Crippen LogP contribution in [-0.4, -0.2) is 21.7 Å². The molecule has 3 heterocycles. The van der Waals surface area contributed by atoms with E-state index in [4.69, 9.17) is 0 Å². The van der Waals surface area contributed by atoms with Gasteiger partial charge in [0, 0.05) is 18.1 Å². The van der Waals surface area contributed by atoms with Gasteiger partial charge >= 0.3 is 0 Å². The van der Waals surface area contributed by atoms with Crippen LogP contribution in [0.15, 0.2) is 24.5 Å². The fraction of sp³-hybridized carbons (Fsp3) is 0.214. The molecule has 0 radical (unpaired) electrons. The highest BCUT2D eigenvalue weighted by molar-refractivity contribution is 6.17. The monoisotopic (exact) mass is 283 g/mol. The lowest BCUT2D eigenvalue weighted by molar-refractivity contribution is -0.125. The molecule has 0 saturated carbocycles.